The van der Waals surface area contributed by atoms with Crippen molar-refractivity contribution in [2.75, 3.05) is 5.32 Å². The predicted molar refractivity (Wildman–Crippen MR) is 98.2 cm³/mol. The fraction of sp³-hybridized carbons (Fsp3) is 0.278. The van der Waals surface area contributed by atoms with Gasteiger partial charge in [-0.25, -0.2) is 22.0 Å². The van der Waals surface area contributed by atoms with Gasteiger partial charge < -0.3 is 5.32 Å². The summed E-state index contributed by atoms with van der Waals surface area (Å²) in [7, 11) is 1.06. The topological polar surface area (TPSA) is 64.7 Å². The SMILES string of the molecule is Cc1nn(Cc2c(F)c(F)c(F)c(F)c2F)c(C)c1NC(=O)c1c(Cl)c(C(F)(F)F)nn1C. The monoisotopic (exact) mass is 501 g/mol. The van der Waals surface area contributed by atoms with Crippen molar-refractivity contribution in [2.24, 2.45) is 7.05 Å². The Morgan fingerprint density at radius 1 is 0.970 bits per heavy atom. The van der Waals surface area contributed by atoms with Crippen LogP contribution in [0, 0.1) is 42.9 Å². The van der Waals surface area contributed by atoms with Gasteiger partial charge in [-0.3, -0.25) is 14.2 Å². The van der Waals surface area contributed by atoms with Gasteiger partial charge in [0, 0.05) is 7.05 Å². The molecule has 0 fully saturated rings. The Labute approximate surface area is 184 Å². The van der Waals surface area contributed by atoms with Crippen molar-refractivity contribution in [3.05, 3.63) is 62.4 Å². The van der Waals surface area contributed by atoms with Gasteiger partial charge in [-0.1, -0.05) is 11.6 Å². The Hall–Kier alpha value is -3.16. The average molecular weight is 502 g/mol. The van der Waals surface area contributed by atoms with Crippen molar-refractivity contribution < 1.29 is 39.9 Å². The van der Waals surface area contributed by atoms with Crippen molar-refractivity contribution in [1.82, 2.24) is 19.6 Å². The van der Waals surface area contributed by atoms with Gasteiger partial charge in [0.15, 0.2) is 29.0 Å². The molecular formula is C18H12ClF8N5O. The van der Waals surface area contributed by atoms with Gasteiger partial charge in [-0.2, -0.15) is 23.4 Å². The molecule has 2 aromatic heterocycles. The van der Waals surface area contributed by atoms with Gasteiger partial charge in [0.1, 0.15) is 10.7 Å². The molecule has 1 N–H and O–H groups in total. The Bertz CT molecular complexity index is 1250. The second-order valence-corrected chi connectivity index (χ2v) is 7.22. The fourth-order valence-corrected chi connectivity index (χ4v) is 3.42. The maximum absolute atomic E-state index is 14.0. The lowest BCUT2D eigenvalue weighted by molar-refractivity contribution is -0.141. The van der Waals surface area contributed by atoms with Crippen LogP contribution in [-0.2, 0) is 19.8 Å². The number of rotatable bonds is 4. The Morgan fingerprint density at radius 2 is 1.48 bits per heavy atom. The number of hydrogen-bond acceptors (Lipinski definition) is 3. The molecule has 0 saturated heterocycles. The summed E-state index contributed by atoms with van der Waals surface area (Å²) in [5.41, 5.74) is -3.30. The molecule has 0 unspecified atom stereocenters. The second-order valence-electron chi connectivity index (χ2n) is 6.84. The third-order valence-corrected chi connectivity index (χ3v) is 5.06. The van der Waals surface area contributed by atoms with Gasteiger partial charge in [0.25, 0.3) is 5.91 Å². The van der Waals surface area contributed by atoms with Crippen LogP contribution in [0.2, 0.25) is 5.02 Å². The summed E-state index contributed by atoms with van der Waals surface area (Å²) >= 11 is 5.67. The molecular weight excluding hydrogens is 490 g/mol. The minimum Gasteiger partial charge on any atom is -0.317 e. The van der Waals surface area contributed by atoms with E-state index in [1.54, 1.807) is 0 Å². The van der Waals surface area contributed by atoms with Gasteiger partial charge >= 0.3 is 6.18 Å². The summed E-state index contributed by atoms with van der Waals surface area (Å²) in [4.78, 5) is 12.6. The van der Waals surface area contributed by atoms with Crippen LogP contribution in [0.25, 0.3) is 0 Å². The van der Waals surface area contributed by atoms with Crippen LogP contribution in [0.15, 0.2) is 0 Å². The highest BCUT2D eigenvalue weighted by Gasteiger charge is 2.40. The molecule has 1 amide bonds. The summed E-state index contributed by atoms with van der Waals surface area (Å²) in [6, 6.07) is 0. The molecule has 178 valence electrons. The Kier molecular flexibility index (Phi) is 6.17. The predicted octanol–water partition coefficient (Wildman–Crippen LogP) is 4.90. The lowest BCUT2D eigenvalue weighted by Crippen LogP contribution is -2.18. The molecule has 2 heterocycles. The smallest absolute Gasteiger partial charge is 0.317 e. The maximum atomic E-state index is 14.0. The number of alkyl halides is 3. The number of nitrogens with zero attached hydrogens (tertiary/aromatic N) is 4. The number of aryl methyl sites for hydroxylation is 2. The van der Waals surface area contributed by atoms with E-state index in [-0.39, 0.29) is 17.1 Å². The zero-order chi connectivity index (χ0) is 25.0. The normalized spacial score (nSPS) is 11.9. The number of carbonyl (C=O) groups is 1. The molecule has 0 aliphatic carbocycles. The van der Waals surface area contributed by atoms with Crippen LogP contribution in [0.3, 0.4) is 0 Å². The molecule has 0 spiro atoms. The first kappa shape index (κ1) is 24.5. The van der Waals surface area contributed by atoms with E-state index < -0.39 is 69.7 Å². The lowest BCUT2D eigenvalue weighted by atomic mass is 10.1. The minimum absolute atomic E-state index is 0.0131. The second kappa shape index (κ2) is 8.32. The molecule has 0 saturated carbocycles. The number of halogens is 9. The quantitative estimate of drug-likeness (QED) is 0.314. The van der Waals surface area contributed by atoms with Gasteiger partial charge in [0.2, 0.25) is 5.82 Å². The van der Waals surface area contributed by atoms with E-state index in [0.29, 0.717) is 4.68 Å². The van der Waals surface area contributed by atoms with Gasteiger partial charge in [-0.05, 0) is 13.8 Å². The Morgan fingerprint density at radius 3 is 1.97 bits per heavy atom. The molecule has 15 heteroatoms. The van der Waals surface area contributed by atoms with Crippen molar-refractivity contribution in [3.8, 4) is 0 Å². The molecule has 1 aromatic carbocycles. The third kappa shape index (κ3) is 4.14. The van der Waals surface area contributed by atoms with E-state index in [1.807, 2.05) is 0 Å². The van der Waals surface area contributed by atoms with Crippen molar-refractivity contribution >= 4 is 23.2 Å². The van der Waals surface area contributed by atoms with Crippen molar-refractivity contribution in [2.45, 2.75) is 26.6 Å². The standard InChI is InChI=1S/C18H12ClF8N5O/c1-5-14(28-17(33)15-8(19)16(18(25,26)27)30-31(15)3)6(2)32(29-5)4-7-9(20)11(22)13(24)12(23)10(7)21/h4H2,1-3H3,(H,28,33). The molecule has 33 heavy (non-hydrogen) atoms. The van der Waals surface area contributed by atoms with Crippen LogP contribution in [0.1, 0.15) is 33.1 Å². The van der Waals surface area contributed by atoms with Crippen molar-refractivity contribution in [1.29, 1.82) is 0 Å². The highest BCUT2D eigenvalue weighted by Crippen LogP contribution is 2.36. The highest BCUT2D eigenvalue weighted by molar-refractivity contribution is 6.34. The van der Waals surface area contributed by atoms with Crippen LogP contribution in [-0.4, -0.2) is 25.5 Å². The van der Waals surface area contributed by atoms with E-state index in [4.69, 9.17) is 11.6 Å². The zero-order valence-electron chi connectivity index (χ0n) is 16.8. The van der Waals surface area contributed by atoms with E-state index in [9.17, 15) is 39.9 Å². The first-order chi connectivity index (χ1) is 15.2. The number of amides is 1. The molecule has 3 rings (SSSR count). The van der Waals surface area contributed by atoms with E-state index in [1.165, 1.54) is 13.8 Å². The number of carbonyl (C=O) groups excluding carboxylic acids is 1. The summed E-state index contributed by atoms with van der Waals surface area (Å²) in [5.74, 6) is -11.8. The molecule has 0 bridgehead atoms. The zero-order valence-corrected chi connectivity index (χ0v) is 17.6. The third-order valence-electron chi connectivity index (χ3n) is 4.70. The van der Waals surface area contributed by atoms with E-state index in [0.717, 1.165) is 11.7 Å². The molecule has 0 aliphatic heterocycles. The number of aromatic nitrogens is 4. The largest absolute Gasteiger partial charge is 0.436 e. The van der Waals surface area contributed by atoms with Crippen LogP contribution >= 0.6 is 11.6 Å². The Balaban J connectivity index is 1.97. The summed E-state index contributed by atoms with van der Waals surface area (Å²) in [5, 5.41) is 8.41. The van der Waals surface area contributed by atoms with E-state index >= 15 is 0 Å². The van der Waals surface area contributed by atoms with Crippen molar-refractivity contribution in [3.63, 3.8) is 0 Å². The molecule has 3 aromatic rings. The minimum atomic E-state index is -4.92. The van der Waals surface area contributed by atoms with E-state index in [2.05, 4.69) is 15.5 Å². The first-order valence-corrected chi connectivity index (χ1v) is 9.19. The molecule has 0 atom stereocenters. The number of anilines is 1. The number of hydrogen-bond donors (Lipinski definition) is 1. The molecule has 6 nitrogen and oxygen atoms in total. The summed E-state index contributed by atoms with van der Waals surface area (Å²) in [6.45, 7) is 1.75. The summed E-state index contributed by atoms with van der Waals surface area (Å²) in [6.07, 6.45) is -4.92. The molecule has 0 radical (unpaired) electrons. The fourth-order valence-electron chi connectivity index (χ4n) is 3.07. The number of nitrogens with one attached hydrogen (secondary N) is 1. The highest BCUT2D eigenvalue weighted by atomic mass is 35.5. The lowest BCUT2D eigenvalue weighted by Gasteiger charge is -2.10. The van der Waals surface area contributed by atoms with Crippen LogP contribution in [0.4, 0.5) is 40.8 Å². The maximum Gasteiger partial charge on any atom is 0.436 e. The first-order valence-electron chi connectivity index (χ1n) is 8.82. The van der Waals surface area contributed by atoms with Crippen LogP contribution in [0.5, 0.6) is 0 Å². The van der Waals surface area contributed by atoms with Gasteiger partial charge in [-0.15, -0.1) is 0 Å². The molecule has 0 aliphatic rings. The number of benzene rings is 1. The summed E-state index contributed by atoms with van der Waals surface area (Å²) < 4.78 is 109. The van der Waals surface area contributed by atoms with Crippen LogP contribution < -0.4 is 5.32 Å². The van der Waals surface area contributed by atoms with Gasteiger partial charge in [0.05, 0.1) is 29.2 Å². The average Bonchev–Trinajstić information content (AvgIpc) is 3.17.